The second kappa shape index (κ2) is 17.8. The molecule has 0 fully saturated rings. The van der Waals surface area contributed by atoms with Gasteiger partial charge in [0.1, 0.15) is 23.4 Å². The lowest BCUT2D eigenvalue weighted by atomic mass is 9.78. The molecule has 0 spiro atoms. The maximum atomic E-state index is 14.4. The summed E-state index contributed by atoms with van der Waals surface area (Å²) in [5.41, 5.74) is 1.88. The fourth-order valence-corrected chi connectivity index (χ4v) is 7.38. The summed E-state index contributed by atoms with van der Waals surface area (Å²) in [5.74, 6) is -8.73. The van der Waals surface area contributed by atoms with E-state index >= 15 is 0 Å². The van der Waals surface area contributed by atoms with E-state index in [0.717, 1.165) is 6.21 Å². The van der Waals surface area contributed by atoms with Crippen LogP contribution in [-0.2, 0) is 23.8 Å². The zero-order valence-corrected chi connectivity index (χ0v) is 34.3. The molecule has 3 aliphatic heterocycles. The molecule has 59 heavy (non-hydrogen) atoms. The number of methoxy groups -OCH3 is 1. The third-order valence-electron chi connectivity index (χ3n) is 11.0. The van der Waals surface area contributed by atoms with Gasteiger partial charge in [-0.2, -0.15) is 5.10 Å². The van der Waals surface area contributed by atoms with Crippen LogP contribution in [0.1, 0.15) is 70.0 Å². The van der Waals surface area contributed by atoms with E-state index in [4.69, 9.17) is 18.9 Å². The number of hydrazone groups is 1. The number of ketones is 1. The number of hydrogen-bond donors (Lipinski definition) is 7. The Morgan fingerprint density at radius 2 is 1.64 bits per heavy atom. The molecule has 3 aromatic rings. The number of amides is 1. The smallest absolute Gasteiger partial charge is 0.312 e. The summed E-state index contributed by atoms with van der Waals surface area (Å²) < 4.78 is 23.5. The number of nitrogens with zero attached hydrogens (tertiary/aromatic N) is 3. The lowest BCUT2D eigenvalue weighted by molar-refractivity contribution is -0.160. The van der Waals surface area contributed by atoms with Crippen LogP contribution < -0.4 is 15.5 Å². The first-order chi connectivity index (χ1) is 27.8. The quantitative estimate of drug-likeness (QED) is 0.0589. The van der Waals surface area contributed by atoms with E-state index < -0.39 is 88.8 Å². The summed E-state index contributed by atoms with van der Waals surface area (Å²) in [6.07, 6.45) is 7.36. The Labute approximate surface area is 341 Å². The maximum Gasteiger partial charge on any atom is 0.312 e. The number of benzene rings is 2. The minimum Gasteiger partial charge on any atom is -0.507 e. The predicted octanol–water partition coefficient (Wildman–Crippen LogP) is 4.99. The highest BCUT2D eigenvalue weighted by Crippen LogP contribution is 2.55. The van der Waals surface area contributed by atoms with E-state index in [-0.39, 0.29) is 50.4 Å². The molecule has 0 saturated carbocycles. The van der Waals surface area contributed by atoms with E-state index in [1.807, 2.05) is 0 Å². The Morgan fingerprint density at radius 1 is 0.966 bits per heavy atom. The van der Waals surface area contributed by atoms with Crippen molar-refractivity contribution in [1.82, 2.24) is 9.97 Å². The number of fused-ring (bicyclic) bond motifs is 14. The van der Waals surface area contributed by atoms with Crippen LogP contribution in [0.5, 0.6) is 23.0 Å². The number of aliphatic hydroxyl groups is 2. The lowest BCUT2D eigenvalue weighted by Gasteiger charge is -2.38. The Morgan fingerprint density at radius 3 is 2.29 bits per heavy atom. The summed E-state index contributed by atoms with van der Waals surface area (Å²) in [5, 5.41) is 64.1. The van der Waals surface area contributed by atoms with Gasteiger partial charge in [0, 0.05) is 73.5 Å². The number of anilines is 2. The van der Waals surface area contributed by atoms with E-state index in [1.54, 1.807) is 45.9 Å². The van der Waals surface area contributed by atoms with Crippen LogP contribution in [-0.4, -0.2) is 96.7 Å². The summed E-state index contributed by atoms with van der Waals surface area (Å²) >= 11 is 0. The Hall–Kier alpha value is -6.04. The van der Waals surface area contributed by atoms with Gasteiger partial charge in [-0.25, -0.2) is 15.4 Å². The van der Waals surface area contributed by atoms with E-state index in [9.17, 15) is 39.9 Å². The topological polar surface area (TPSA) is 251 Å². The molecule has 2 aromatic carbocycles. The molecule has 0 aliphatic carbocycles. The number of ether oxygens (including phenoxy) is 4. The van der Waals surface area contributed by atoms with Gasteiger partial charge in [0.25, 0.3) is 11.7 Å². The van der Waals surface area contributed by atoms with E-state index in [2.05, 4.69) is 25.8 Å². The molecule has 316 valence electrons. The first-order valence-corrected chi connectivity index (χ1v) is 19.0. The number of phenolic OH excluding ortho intramolecular Hbond substituents is 3. The predicted molar refractivity (Wildman–Crippen MR) is 217 cm³/mol. The molecule has 7 N–H and O–H groups in total. The number of aliphatic hydroxyl groups excluding tert-OH is 2. The number of carbonyl (C=O) groups excluding carboxylic acids is 3. The first-order valence-electron chi connectivity index (χ1n) is 19.0. The van der Waals surface area contributed by atoms with Crippen LogP contribution in [0.15, 0.2) is 59.7 Å². The van der Waals surface area contributed by atoms with Crippen molar-refractivity contribution in [2.24, 2.45) is 28.8 Å². The zero-order valence-electron chi connectivity index (χ0n) is 34.3. The van der Waals surface area contributed by atoms with Crippen molar-refractivity contribution in [3.05, 3.63) is 71.3 Å². The molecule has 17 nitrogen and oxygen atoms in total. The van der Waals surface area contributed by atoms with Gasteiger partial charge < -0.3 is 49.8 Å². The molecule has 1 amide bonds. The van der Waals surface area contributed by atoms with Crippen LogP contribution in [0, 0.1) is 30.6 Å². The van der Waals surface area contributed by atoms with Gasteiger partial charge in [0.05, 0.1) is 53.0 Å². The van der Waals surface area contributed by atoms with Gasteiger partial charge in [0.2, 0.25) is 5.95 Å². The number of rotatable bonds is 5. The van der Waals surface area contributed by atoms with Crippen LogP contribution in [0.3, 0.4) is 0 Å². The van der Waals surface area contributed by atoms with Crippen LogP contribution in [0.4, 0.5) is 11.6 Å². The normalized spacial score (nSPS) is 29.1. The fraction of sp³-hybridized carbons (Fsp3) is 0.429. The van der Waals surface area contributed by atoms with Gasteiger partial charge in [0.15, 0.2) is 5.75 Å². The average Bonchev–Trinajstić information content (AvgIpc) is 3.47. The van der Waals surface area contributed by atoms with E-state index in [1.165, 1.54) is 65.6 Å². The fourth-order valence-electron chi connectivity index (χ4n) is 7.38. The molecule has 17 heteroatoms. The van der Waals surface area contributed by atoms with Crippen LogP contribution >= 0.6 is 0 Å². The molecule has 4 heterocycles. The minimum atomic E-state index is -2.08. The van der Waals surface area contributed by atoms with Gasteiger partial charge in [-0.3, -0.25) is 14.4 Å². The minimum absolute atomic E-state index is 0.0193. The van der Waals surface area contributed by atoms with Crippen molar-refractivity contribution >= 4 is 46.3 Å². The molecule has 9 unspecified atom stereocenters. The highest BCUT2D eigenvalue weighted by atomic mass is 16.7. The van der Waals surface area contributed by atoms with Crippen molar-refractivity contribution in [3.63, 3.8) is 0 Å². The summed E-state index contributed by atoms with van der Waals surface area (Å²) in [6.45, 7) is 12.4. The molecule has 3 aliphatic rings. The zero-order chi connectivity index (χ0) is 43.5. The van der Waals surface area contributed by atoms with Crippen molar-refractivity contribution in [1.29, 1.82) is 0 Å². The van der Waals surface area contributed by atoms with Gasteiger partial charge in [-0.05, 0) is 26.0 Å². The van der Waals surface area contributed by atoms with Crippen LogP contribution in [0.2, 0.25) is 0 Å². The maximum absolute atomic E-state index is 14.4. The molecule has 0 saturated heterocycles. The van der Waals surface area contributed by atoms with Crippen molar-refractivity contribution in [3.8, 4) is 23.0 Å². The molecular weight excluding hydrogens is 766 g/mol. The number of aromatic hydroxyl groups is 3. The largest absolute Gasteiger partial charge is 0.507 e. The SMILES string of the molecule is COC1/C=C/OC2(C)Oc3c(C)c(O)c4c(O)c(c(/C=N/Nc5ncccn5)c(O)c4c3C2=O)NC(=O)C(C)=C/C=C/C(C)C(O)C(C)C(O)C(C)C(OC(C)=O)C1C. The number of nitrogens with one attached hydrogen (secondary N) is 2. The average molecular weight is 818 g/mol. The second-order valence-electron chi connectivity index (χ2n) is 15.1. The summed E-state index contributed by atoms with van der Waals surface area (Å²) in [6, 6.07) is 1.59. The second-order valence-corrected chi connectivity index (χ2v) is 15.1. The van der Waals surface area contributed by atoms with Crippen LogP contribution in [0.25, 0.3) is 10.8 Å². The van der Waals surface area contributed by atoms with Gasteiger partial charge in [-0.1, -0.05) is 45.9 Å². The number of phenols is 3. The highest BCUT2D eigenvalue weighted by Gasteiger charge is 2.50. The lowest BCUT2D eigenvalue weighted by Crippen LogP contribution is -2.46. The molecule has 6 rings (SSSR count). The molecular formula is C42H51N5O12. The standard InChI is InChI=1S/C42H51N5O12/c1-19-12-10-13-20(2)40(55)46-31-26(18-45-47-41-43-15-11-16-44-41)35(52)28-29(36(31)53)34(51)24(6)38-30(28)39(54)42(8,59-38)57-17-14-27(56-9)21(3)37(58-25(7)48)23(5)33(50)22(4)32(19)49/h10-19,21-23,27,32-33,37,49-53H,1-9H3,(H,46,55)(H,43,44,47)/b12-10+,17-14+,20-13?,45-18+. The van der Waals surface area contributed by atoms with Crippen molar-refractivity contribution < 1.29 is 58.9 Å². The van der Waals surface area contributed by atoms with Crippen molar-refractivity contribution in [2.45, 2.75) is 85.6 Å². The molecule has 1 aromatic heterocycles. The van der Waals surface area contributed by atoms with Gasteiger partial charge >= 0.3 is 11.8 Å². The number of aromatic nitrogens is 2. The summed E-state index contributed by atoms with van der Waals surface area (Å²) in [7, 11) is 1.42. The van der Waals surface area contributed by atoms with Gasteiger partial charge in [-0.15, -0.1) is 0 Å². The molecule has 5 bridgehead atoms. The molecule has 0 radical (unpaired) electrons. The monoisotopic (exact) mass is 817 g/mol. The van der Waals surface area contributed by atoms with Crippen molar-refractivity contribution in [2.75, 3.05) is 17.9 Å². The number of allylic oxidation sites excluding steroid dienone is 2. The first kappa shape index (κ1) is 44.1. The number of Topliss-reactive ketones (excluding diaryl/α,β-unsaturated/α-hetero) is 1. The van der Waals surface area contributed by atoms with E-state index in [0.29, 0.717) is 0 Å². The third-order valence-corrected chi connectivity index (χ3v) is 11.0. The number of esters is 1. The Bertz CT molecular complexity index is 2220. The Kier molecular flexibility index (Phi) is 13.3. The number of hydrogen-bond acceptors (Lipinski definition) is 16. The highest BCUT2D eigenvalue weighted by molar-refractivity contribution is 6.23. The summed E-state index contributed by atoms with van der Waals surface area (Å²) in [4.78, 5) is 48.4. The molecule has 9 atom stereocenters. The third kappa shape index (κ3) is 8.72. The number of carbonyl (C=O) groups is 3. The Balaban J connectivity index is 1.71.